The van der Waals surface area contributed by atoms with Crippen molar-refractivity contribution in [3.63, 3.8) is 0 Å². The maximum Gasteiger partial charge on any atom is 0.235 e. The molecule has 0 amide bonds. The Bertz CT molecular complexity index is 3850. The van der Waals surface area contributed by atoms with E-state index in [1.807, 2.05) is 29.5 Å². The highest BCUT2D eigenvalue weighted by Gasteiger charge is 2.21. The molecule has 0 atom stereocenters. The average Bonchev–Trinajstić information content (AvgIpc) is 3.62. The zero-order valence-electron chi connectivity index (χ0n) is 31.5. The molecule has 276 valence electrons. The molecule has 7 heteroatoms. The predicted octanol–water partition coefficient (Wildman–Crippen LogP) is 14.0. The maximum absolute atomic E-state index is 6.76. The Labute approximate surface area is 340 Å². The van der Waals surface area contributed by atoms with Crippen LogP contribution in [0.5, 0.6) is 0 Å². The molecular weight excluding hydrogens is 743 g/mol. The van der Waals surface area contributed by atoms with Gasteiger partial charge in [-0.2, -0.15) is 0 Å². The topological polar surface area (TPSA) is 52.7 Å². The molecule has 0 aliphatic rings. The summed E-state index contributed by atoms with van der Waals surface area (Å²) in [5.41, 5.74) is 13.8. The Balaban J connectivity index is 1.30. The van der Waals surface area contributed by atoms with E-state index < -0.39 is 0 Å². The Kier molecular flexibility index (Phi) is 6.79. The van der Waals surface area contributed by atoms with Crippen LogP contribution in [0.2, 0.25) is 0 Å². The van der Waals surface area contributed by atoms with E-state index >= 15 is 0 Å². The van der Waals surface area contributed by atoms with Gasteiger partial charge in [0.2, 0.25) is 5.95 Å². The fraction of sp³-hybridized carbons (Fsp3) is 0. The van der Waals surface area contributed by atoms with Crippen LogP contribution in [-0.2, 0) is 0 Å². The highest BCUT2D eigenvalue weighted by atomic mass is 32.1. The molecule has 0 aliphatic heterocycles. The number of fused-ring (bicyclic) bond motifs is 11. The molecule has 0 aliphatic carbocycles. The highest BCUT2D eigenvalue weighted by Crippen LogP contribution is 2.41. The lowest BCUT2D eigenvalue weighted by atomic mass is 10.1. The fourth-order valence-corrected chi connectivity index (χ4v) is 10.2. The molecule has 0 fully saturated rings. The van der Waals surface area contributed by atoms with Gasteiger partial charge in [0.1, 0.15) is 0 Å². The van der Waals surface area contributed by atoms with Crippen molar-refractivity contribution in [3.05, 3.63) is 188 Å². The second kappa shape index (κ2) is 12.4. The van der Waals surface area contributed by atoms with Crippen molar-refractivity contribution in [2.75, 3.05) is 0 Å². The van der Waals surface area contributed by atoms with E-state index in [9.17, 15) is 0 Å². The van der Waals surface area contributed by atoms with E-state index in [1.165, 1.54) is 14.9 Å². The van der Waals surface area contributed by atoms with Gasteiger partial charge < -0.3 is 13.2 Å². The average molecular weight is 774 g/mol. The van der Waals surface area contributed by atoms with Crippen LogP contribution in [0.4, 0.5) is 0 Å². The van der Waals surface area contributed by atoms with Crippen LogP contribution in [0, 0.1) is 0 Å². The first-order valence-electron chi connectivity index (χ1n) is 19.7. The van der Waals surface area contributed by atoms with Gasteiger partial charge in [0.25, 0.3) is 0 Å². The third kappa shape index (κ3) is 4.73. The lowest BCUT2D eigenvalue weighted by Gasteiger charge is -2.18. The third-order valence-corrected chi connectivity index (χ3v) is 12.8. The second-order valence-corrected chi connectivity index (χ2v) is 16.1. The Morgan fingerprint density at radius 3 is 1.71 bits per heavy atom. The van der Waals surface area contributed by atoms with Crippen LogP contribution in [0.1, 0.15) is 0 Å². The SMILES string of the molecule is c1ccc(-c2cc(-c3ccccc3)nc(-n3c4ccccc4c4cc5c(cc43)n3c4ccccc4oc4cccc(c6cccc7sc8ccccc8n5c76)c43)n2)cc1. The van der Waals surface area contributed by atoms with E-state index in [4.69, 9.17) is 14.4 Å². The number of hydrogen-bond acceptors (Lipinski definition) is 4. The van der Waals surface area contributed by atoms with Gasteiger partial charge in [0.05, 0.1) is 64.9 Å². The Morgan fingerprint density at radius 1 is 0.373 bits per heavy atom. The van der Waals surface area contributed by atoms with Gasteiger partial charge in [0.15, 0.2) is 11.2 Å². The first kappa shape index (κ1) is 32.4. The minimum absolute atomic E-state index is 0.609. The zero-order valence-corrected chi connectivity index (χ0v) is 32.3. The van der Waals surface area contributed by atoms with Crippen LogP contribution in [0.3, 0.4) is 0 Å². The standard InChI is InChI=1S/C52H31N5OS/c1-3-15-32(16-4-1)38-30-39(33-17-5-2-6-18-33)54-52(53-38)57-40-22-8-7-19-34(40)37-29-44-45(31-43(37)57)55-41-23-9-11-25-46(41)58-47-26-13-20-35(50(47)55)36-21-14-28-49-51(36)56(44)42-24-10-12-27-48(42)59-49/h1-31H. The molecule has 13 aromatic rings. The Hall–Kier alpha value is -7.74. The quantitative estimate of drug-likeness (QED) is 0.168. The van der Waals surface area contributed by atoms with E-state index in [0.717, 1.165) is 93.8 Å². The fourth-order valence-electron chi connectivity index (χ4n) is 9.15. The van der Waals surface area contributed by atoms with E-state index in [2.05, 4.69) is 183 Å². The largest absolute Gasteiger partial charge is 0.453 e. The van der Waals surface area contributed by atoms with Crippen molar-refractivity contribution in [3.8, 4) is 28.5 Å². The lowest BCUT2D eigenvalue weighted by molar-refractivity contribution is 0.656. The third-order valence-electron chi connectivity index (χ3n) is 11.7. The molecule has 0 saturated heterocycles. The smallest absolute Gasteiger partial charge is 0.235 e. The van der Waals surface area contributed by atoms with Gasteiger partial charge in [0, 0.05) is 32.7 Å². The van der Waals surface area contributed by atoms with Crippen LogP contribution < -0.4 is 0 Å². The van der Waals surface area contributed by atoms with Gasteiger partial charge in [-0.3, -0.25) is 4.57 Å². The summed E-state index contributed by atoms with van der Waals surface area (Å²) in [5.74, 6) is 0.609. The first-order valence-corrected chi connectivity index (χ1v) is 20.6. The van der Waals surface area contributed by atoms with Crippen LogP contribution in [0.25, 0.3) is 115 Å². The van der Waals surface area contributed by atoms with Gasteiger partial charge >= 0.3 is 0 Å². The molecular formula is C52H31N5OS. The number of hydrogen-bond donors (Lipinski definition) is 0. The van der Waals surface area contributed by atoms with Crippen molar-refractivity contribution >= 4 is 97.6 Å². The van der Waals surface area contributed by atoms with Gasteiger partial charge in [-0.1, -0.05) is 127 Å². The summed E-state index contributed by atoms with van der Waals surface area (Å²) < 4.78 is 16.3. The maximum atomic E-state index is 6.76. The molecule has 0 bridgehead atoms. The normalized spacial score (nSPS) is 12.1. The van der Waals surface area contributed by atoms with Crippen molar-refractivity contribution in [1.82, 2.24) is 23.3 Å². The van der Waals surface area contributed by atoms with Crippen molar-refractivity contribution < 1.29 is 4.42 Å². The van der Waals surface area contributed by atoms with Crippen LogP contribution in [0.15, 0.2) is 192 Å². The number of nitrogens with zero attached hydrogens (tertiary/aromatic N) is 5. The minimum atomic E-state index is 0.609. The molecule has 0 radical (unpaired) electrons. The number of rotatable bonds is 3. The van der Waals surface area contributed by atoms with Crippen molar-refractivity contribution in [2.24, 2.45) is 0 Å². The molecule has 0 unspecified atom stereocenters. The van der Waals surface area contributed by atoms with Crippen LogP contribution >= 0.6 is 11.3 Å². The summed E-state index contributed by atoms with van der Waals surface area (Å²) in [7, 11) is 0. The number of benzene rings is 8. The summed E-state index contributed by atoms with van der Waals surface area (Å²) in [6.07, 6.45) is 0. The Morgan fingerprint density at radius 2 is 0.932 bits per heavy atom. The molecule has 5 heterocycles. The molecule has 8 aromatic carbocycles. The second-order valence-electron chi connectivity index (χ2n) is 15.0. The van der Waals surface area contributed by atoms with Crippen molar-refractivity contribution in [1.29, 1.82) is 0 Å². The van der Waals surface area contributed by atoms with Gasteiger partial charge in [-0.15, -0.1) is 11.3 Å². The molecule has 6 nitrogen and oxygen atoms in total. The minimum Gasteiger partial charge on any atom is -0.453 e. The highest BCUT2D eigenvalue weighted by molar-refractivity contribution is 7.24. The molecule has 0 N–H and O–H groups in total. The van der Waals surface area contributed by atoms with E-state index in [-0.39, 0.29) is 0 Å². The lowest BCUT2D eigenvalue weighted by Crippen LogP contribution is -2.04. The van der Waals surface area contributed by atoms with Crippen LogP contribution in [-0.4, -0.2) is 23.3 Å². The molecule has 5 aromatic heterocycles. The number of aromatic nitrogens is 5. The summed E-state index contributed by atoms with van der Waals surface area (Å²) in [4.78, 5) is 10.7. The monoisotopic (exact) mass is 773 g/mol. The predicted molar refractivity (Wildman–Crippen MR) is 244 cm³/mol. The van der Waals surface area contributed by atoms with E-state index in [1.54, 1.807) is 0 Å². The summed E-state index contributed by atoms with van der Waals surface area (Å²) in [6.45, 7) is 0. The molecule has 0 saturated carbocycles. The molecule has 0 spiro atoms. The summed E-state index contributed by atoms with van der Waals surface area (Å²) in [5, 5.41) is 4.50. The van der Waals surface area contributed by atoms with Crippen molar-refractivity contribution in [2.45, 2.75) is 0 Å². The molecule has 13 rings (SSSR count). The summed E-state index contributed by atoms with van der Waals surface area (Å²) in [6, 6.07) is 66.5. The van der Waals surface area contributed by atoms with E-state index in [0.29, 0.717) is 5.95 Å². The zero-order chi connectivity index (χ0) is 38.6. The first-order chi connectivity index (χ1) is 29.3. The van der Waals surface area contributed by atoms with Gasteiger partial charge in [-0.25, -0.2) is 9.97 Å². The summed E-state index contributed by atoms with van der Waals surface area (Å²) >= 11 is 1.83. The molecule has 59 heavy (non-hydrogen) atoms. The van der Waals surface area contributed by atoms with Gasteiger partial charge in [-0.05, 0) is 60.7 Å². The number of para-hydroxylation sites is 6.